The second-order valence-corrected chi connectivity index (χ2v) is 6.72. The van der Waals surface area contributed by atoms with Crippen LogP contribution < -0.4 is 16.0 Å². The summed E-state index contributed by atoms with van der Waals surface area (Å²) in [5.74, 6) is -0.382. The van der Waals surface area contributed by atoms with Crippen molar-refractivity contribution in [2.45, 2.75) is 16.9 Å². The standard InChI is InChI=1S/C12H13Cl3FN3O2S/c1-2-21-11(20)19-9(12(13,14)15)18-10(22)17-8-5-3-7(16)4-6-8/h3-6,9H,2H2,1H3,(H,19,20)(H2,17,18,22)/t9-/m0/s1. The predicted octanol–water partition coefficient (Wildman–Crippen LogP) is 3.55. The fraction of sp³-hybridized carbons (Fsp3) is 0.333. The summed E-state index contributed by atoms with van der Waals surface area (Å²) in [6.45, 7) is 1.80. The summed E-state index contributed by atoms with van der Waals surface area (Å²) in [6, 6.07) is 5.47. The Kier molecular flexibility index (Phi) is 7.41. The van der Waals surface area contributed by atoms with E-state index in [9.17, 15) is 9.18 Å². The topological polar surface area (TPSA) is 62.4 Å². The Labute approximate surface area is 147 Å². The van der Waals surface area contributed by atoms with Gasteiger partial charge in [-0.3, -0.25) is 5.32 Å². The summed E-state index contributed by atoms with van der Waals surface area (Å²) in [4.78, 5) is 11.4. The summed E-state index contributed by atoms with van der Waals surface area (Å²) >= 11 is 22.4. The zero-order valence-corrected chi connectivity index (χ0v) is 14.4. The van der Waals surface area contributed by atoms with Gasteiger partial charge in [-0.25, -0.2) is 9.18 Å². The average Bonchev–Trinajstić information content (AvgIpc) is 2.40. The van der Waals surface area contributed by atoms with Crippen LogP contribution >= 0.6 is 47.0 Å². The summed E-state index contributed by atoms with van der Waals surface area (Å²) in [7, 11) is 0. The highest BCUT2D eigenvalue weighted by Gasteiger charge is 2.35. The van der Waals surface area contributed by atoms with Crippen LogP contribution in [-0.2, 0) is 4.74 Å². The maximum Gasteiger partial charge on any atom is 0.408 e. The van der Waals surface area contributed by atoms with Crippen LogP contribution in [0.2, 0.25) is 0 Å². The Bertz CT molecular complexity index is 525. The molecule has 0 saturated heterocycles. The van der Waals surface area contributed by atoms with Gasteiger partial charge in [0.05, 0.1) is 6.61 Å². The fourth-order valence-corrected chi connectivity index (χ4v) is 1.88. The van der Waals surface area contributed by atoms with Gasteiger partial charge in [-0.1, -0.05) is 34.8 Å². The molecule has 1 rings (SSSR count). The van der Waals surface area contributed by atoms with E-state index in [4.69, 9.17) is 51.8 Å². The predicted molar refractivity (Wildman–Crippen MR) is 90.0 cm³/mol. The third-order valence-corrected chi connectivity index (χ3v) is 3.12. The number of rotatable bonds is 4. The molecule has 0 aliphatic carbocycles. The molecular formula is C12H13Cl3FN3O2S. The zero-order valence-electron chi connectivity index (χ0n) is 11.3. The van der Waals surface area contributed by atoms with Crippen LogP contribution in [0.4, 0.5) is 14.9 Å². The maximum absolute atomic E-state index is 12.8. The lowest BCUT2D eigenvalue weighted by Crippen LogP contribution is -2.56. The van der Waals surface area contributed by atoms with Gasteiger partial charge >= 0.3 is 6.09 Å². The van der Waals surface area contributed by atoms with Gasteiger partial charge in [-0.2, -0.15) is 0 Å². The van der Waals surface area contributed by atoms with E-state index >= 15 is 0 Å². The van der Waals surface area contributed by atoms with Gasteiger partial charge in [0.25, 0.3) is 0 Å². The molecule has 1 aromatic rings. The minimum Gasteiger partial charge on any atom is -0.450 e. The van der Waals surface area contributed by atoms with E-state index in [0.717, 1.165) is 0 Å². The van der Waals surface area contributed by atoms with Crippen molar-refractivity contribution in [1.82, 2.24) is 10.6 Å². The first kappa shape index (κ1) is 19.0. The monoisotopic (exact) mass is 387 g/mol. The average molecular weight is 389 g/mol. The number of alkyl halides is 3. The van der Waals surface area contributed by atoms with E-state index < -0.39 is 16.1 Å². The van der Waals surface area contributed by atoms with Crippen molar-refractivity contribution in [2.75, 3.05) is 11.9 Å². The molecule has 0 aromatic heterocycles. The fourth-order valence-electron chi connectivity index (χ4n) is 1.32. The van der Waals surface area contributed by atoms with Crippen LogP contribution in [0.1, 0.15) is 6.92 Å². The maximum atomic E-state index is 12.8. The van der Waals surface area contributed by atoms with E-state index in [0.29, 0.717) is 5.69 Å². The van der Waals surface area contributed by atoms with E-state index in [2.05, 4.69) is 16.0 Å². The van der Waals surface area contributed by atoms with Crippen molar-refractivity contribution in [3.8, 4) is 0 Å². The van der Waals surface area contributed by atoms with E-state index in [-0.39, 0.29) is 17.5 Å². The number of hydrogen-bond donors (Lipinski definition) is 3. The number of nitrogens with one attached hydrogen (secondary N) is 3. The lowest BCUT2D eigenvalue weighted by Gasteiger charge is -2.27. The van der Waals surface area contributed by atoms with Crippen LogP contribution in [0.25, 0.3) is 0 Å². The number of anilines is 1. The Morgan fingerprint density at radius 1 is 1.32 bits per heavy atom. The number of hydrogen-bond acceptors (Lipinski definition) is 3. The molecular weight excluding hydrogens is 376 g/mol. The Hall–Kier alpha value is -1.02. The third kappa shape index (κ3) is 6.83. The molecule has 3 N–H and O–H groups in total. The van der Waals surface area contributed by atoms with Gasteiger partial charge in [0.15, 0.2) is 11.3 Å². The molecule has 0 aliphatic heterocycles. The van der Waals surface area contributed by atoms with Crippen LogP contribution in [0, 0.1) is 5.82 Å². The third-order valence-electron chi connectivity index (χ3n) is 2.24. The molecule has 0 bridgehead atoms. The number of carbonyl (C=O) groups excluding carboxylic acids is 1. The number of carbonyl (C=O) groups is 1. The molecule has 122 valence electrons. The van der Waals surface area contributed by atoms with Crippen molar-refractivity contribution in [1.29, 1.82) is 0 Å². The minimum atomic E-state index is -1.87. The SMILES string of the molecule is CCOC(=O)N[C@H](NC(=S)Nc1ccc(F)cc1)C(Cl)(Cl)Cl. The quantitative estimate of drug-likeness (QED) is 0.418. The Morgan fingerprint density at radius 2 is 1.91 bits per heavy atom. The first-order valence-electron chi connectivity index (χ1n) is 6.05. The van der Waals surface area contributed by atoms with Gasteiger partial charge in [-0.05, 0) is 43.4 Å². The van der Waals surface area contributed by atoms with Crippen molar-refractivity contribution in [3.63, 3.8) is 0 Å². The van der Waals surface area contributed by atoms with Crippen molar-refractivity contribution >= 4 is 63.9 Å². The van der Waals surface area contributed by atoms with Crippen molar-refractivity contribution in [3.05, 3.63) is 30.1 Å². The molecule has 1 atom stereocenters. The van der Waals surface area contributed by atoms with Gasteiger partial charge in [0.2, 0.25) is 3.79 Å². The molecule has 0 radical (unpaired) electrons. The van der Waals surface area contributed by atoms with Crippen LogP contribution in [0.3, 0.4) is 0 Å². The number of amides is 1. The molecule has 1 amide bonds. The normalized spacial score (nSPS) is 12.2. The van der Waals surface area contributed by atoms with Gasteiger partial charge in [0, 0.05) is 5.69 Å². The summed E-state index contributed by atoms with van der Waals surface area (Å²) in [6.07, 6.45) is -1.90. The lowest BCUT2D eigenvalue weighted by molar-refractivity contribution is 0.147. The molecule has 0 fully saturated rings. The number of benzene rings is 1. The van der Waals surface area contributed by atoms with E-state index in [1.807, 2.05) is 0 Å². The highest BCUT2D eigenvalue weighted by molar-refractivity contribution is 7.80. The minimum absolute atomic E-state index is 0.0692. The first-order valence-corrected chi connectivity index (χ1v) is 7.59. The second-order valence-electron chi connectivity index (χ2n) is 3.94. The highest BCUT2D eigenvalue weighted by atomic mass is 35.6. The number of halogens is 4. The smallest absolute Gasteiger partial charge is 0.408 e. The van der Waals surface area contributed by atoms with Crippen molar-refractivity contribution < 1.29 is 13.9 Å². The number of ether oxygens (including phenoxy) is 1. The van der Waals surface area contributed by atoms with Gasteiger partial charge in [-0.15, -0.1) is 0 Å². The number of thiocarbonyl (C=S) groups is 1. The molecule has 22 heavy (non-hydrogen) atoms. The second kappa shape index (κ2) is 8.57. The highest BCUT2D eigenvalue weighted by Crippen LogP contribution is 2.29. The van der Waals surface area contributed by atoms with Crippen molar-refractivity contribution in [2.24, 2.45) is 0 Å². The molecule has 0 unspecified atom stereocenters. The number of alkyl carbamates (subject to hydrolysis) is 1. The Balaban J connectivity index is 2.66. The van der Waals surface area contributed by atoms with Gasteiger partial charge in [0.1, 0.15) is 5.82 Å². The van der Waals surface area contributed by atoms with Gasteiger partial charge < -0.3 is 15.4 Å². The molecule has 0 saturated carbocycles. The van der Waals surface area contributed by atoms with Crippen LogP contribution in [-0.4, -0.2) is 27.8 Å². The first-order chi connectivity index (χ1) is 10.2. The molecule has 10 heteroatoms. The van der Waals surface area contributed by atoms with Crippen LogP contribution in [0.5, 0.6) is 0 Å². The molecule has 0 aliphatic rings. The molecule has 1 aromatic carbocycles. The molecule has 0 spiro atoms. The summed E-state index contributed by atoms with van der Waals surface area (Å²) in [5, 5.41) is 7.79. The van der Waals surface area contributed by atoms with E-state index in [1.165, 1.54) is 24.3 Å². The zero-order chi connectivity index (χ0) is 16.8. The molecule has 0 heterocycles. The lowest BCUT2D eigenvalue weighted by atomic mass is 10.3. The van der Waals surface area contributed by atoms with E-state index in [1.54, 1.807) is 6.92 Å². The largest absolute Gasteiger partial charge is 0.450 e. The molecule has 5 nitrogen and oxygen atoms in total. The Morgan fingerprint density at radius 3 is 2.41 bits per heavy atom. The summed E-state index contributed by atoms with van der Waals surface area (Å²) < 4.78 is 15.7. The summed E-state index contributed by atoms with van der Waals surface area (Å²) in [5.41, 5.74) is 0.526. The van der Waals surface area contributed by atoms with Crippen LogP contribution in [0.15, 0.2) is 24.3 Å².